The second kappa shape index (κ2) is 9.55. The van der Waals surface area contributed by atoms with Crippen molar-refractivity contribution in [3.63, 3.8) is 0 Å². The Morgan fingerprint density at radius 2 is 1.77 bits per heavy atom. The second-order valence-electron chi connectivity index (χ2n) is 6.65. The highest BCUT2D eigenvalue weighted by Crippen LogP contribution is 2.29. The van der Waals surface area contributed by atoms with Gasteiger partial charge in [0.15, 0.2) is 11.0 Å². The number of hydrogen-bond donors (Lipinski definition) is 2. The van der Waals surface area contributed by atoms with Gasteiger partial charge < -0.3 is 10.4 Å². The van der Waals surface area contributed by atoms with E-state index in [-0.39, 0.29) is 18.3 Å². The minimum absolute atomic E-state index is 0.0889. The van der Waals surface area contributed by atoms with Gasteiger partial charge in [-0.3, -0.25) is 9.36 Å². The normalized spacial score (nSPS) is 10.8. The summed E-state index contributed by atoms with van der Waals surface area (Å²) in [5.74, 6) is -0.172. The van der Waals surface area contributed by atoms with E-state index in [1.54, 1.807) is 47.0 Å². The van der Waals surface area contributed by atoms with Crippen LogP contribution in [-0.2, 0) is 11.4 Å². The predicted molar refractivity (Wildman–Crippen MR) is 118 cm³/mol. The Balaban J connectivity index is 1.58. The molecule has 0 bridgehead atoms. The molecule has 0 radical (unpaired) electrons. The van der Waals surface area contributed by atoms with E-state index in [0.29, 0.717) is 27.8 Å². The average Bonchev–Trinajstić information content (AvgIpc) is 3.22. The number of aromatic nitrogens is 3. The van der Waals surface area contributed by atoms with E-state index in [1.807, 2.05) is 30.3 Å². The minimum Gasteiger partial charge on any atom is -0.392 e. The van der Waals surface area contributed by atoms with Crippen LogP contribution in [-0.4, -0.2) is 31.5 Å². The number of benzene rings is 3. The van der Waals surface area contributed by atoms with Crippen molar-refractivity contribution < 1.29 is 14.3 Å². The fourth-order valence-electron chi connectivity index (χ4n) is 3.06. The molecule has 6 nitrogen and oxygen atoms in total. The summed E-state index contributed by atoms with van der Waals surface area (Å²) < 4.78 is 16.2. The first-order chi connectivity index (χ1) is 15.2. The van der Waals surface area contributed by atoms with E-state index in [2.05, 4.69) is 15.5 Å². The topological polar surface area (TPSA) is 80.0 Å². The Morgan fingerprint density at radius 1 is 1.00 bits per heavy atom. The molecule has 1 aromatic heterocycles. The van der Waals surface area contributed by atoms with Crippen LogP contribution < -0.4 is 5.32 Å². The number of nitrogens with zero attached hydrogens (tertiary/aromatic N) is 3. The monoisotopic (exact) mass is 434 g/mol. The first-order valence-corrected chi connectivity index (χ1v) is 10.5. The number of aliphatic hydroxyl groups excluding tert-OH is 1. The summed E-state index contributed by atoms with van der Waals surface area (Å²) in [4.78, 5) is 12.5. The number of carbonyl (C=O) groups is 1. The molecule has 0 fully saturated rings. The van der Waals surface area contributed by atoms with E-state index in [0.717, 1.165) is 5.69 Å². The first-order valence-electron chi connectivity index (χ1n) is 9.54. The molecule has 0 atom stereocenters. The van der Waals surface area contributed by atoms with Crippen LogP contribution in [0.4, 0.5) is 10.1 Å². The smallest absolute Gasteiger partial charge is 0.234 e. The number of anilines is 1. The van der Waals surface area contributed by atoms with Crippen molar-refractivity contribution in [2.24, 2.45) is 0 Å². The molecule has 0 saturated carbocycles. The molecule has 1 heterocycles. The second-order valence-corrected chi connectivity index (χ2v) is 7.59. The minimum atomic E-state index is -0.398. The summed E-state index contributed by atoms with van der Waals surface area (Å²) in [5.41, 5.74) is 2.41. The van der Waals surface area contributed by atoms with Crippen molar-refractivity contribution in [1.82, 2.24) is 14.8 Å². The van der Waals surface area contributed by atoms with E-state index in [9.17, 15) is 14.3 Å². The Hall–Kier alpha value is -3.49. The van der Waals surface area contributed by atoms with Gasteiger partial charge in [0, 0.05) is 11.4 Å². The summed E-state index contributed by atoms with van der Waals surface area (Å²) >= 11 is 1.21. The molecule has 0 aliphatic rings. The maximum Gasteiger partial charge on any atom is 0.234 e. The maximum absolute atomic E-state index is 14.4. The van der Waals surface area contributed by atoms with Gasteiger partial charge in [0.2, 0.25) is 5.91 Å². The number of halogens is 1. The van der Waals surface area contributed by atoms with Crippen LogP contribution in [0.5, 0.6) is 0 Å². The van der Waals surface area contributed by atoms with Crippen molar-refractivity contribution in [1.29, 1.82) is 0 Å². The van der Waals surface area contributed by atoms with Gasteiger partial charge in [-0.25, -0.2) is 4.39 Å². The van der Waals surface area contributed by atoms with E-state index in [4.69, 9.17) is 0 Å². The Morgan fingerprint density at radius 3 is 2.55 bits per heavy atom. The number of amides is 1. The standard InChI is InChI=1S/C23H19FN4O2S/c24-20-12-5-4-11-19(20)22-26-27-23(28(22)18-9-2-1-3-10-18)31-15-21(30)25-17-8-6-7-16(13-17)14-29/h1-13,29H,14-15H2,(H,25,30). The number of para-hydroxylation sites is 1. The number of carbonyl (C=O) groups excluding carboxylic acids is 1. The molecule has 4 aromatic rings. The van der Waals surface area contributed by atoms with Crippen LogP contribution in [0, 0.1) is 5.82 Å². The van der Waals surface area contributed by atoms with Gasteiger partial charge in [-0.2, -0.15) is 0 Å². The number of nitrogens with one attached hydrogen (secondary N) is 1. The molecule has 0 aliphatic carbocycles. The molecular formula is C23H19FN4O2S. The van der Waals surface area contributed by atoms with Crippen molar-refractivity contribution in [3.05, 3.63) is 90.2 Å². The third kappa shape index (κ3) is 4.82. The third-order valence-corrected chi connectivity index (χ3v) is 5.42. The third-order valence-electron chi connectivity index (χ3n) is 4.49. The summed E-state index contributed by atoms with van der Waals surface area (Å²) in [6.07, 6.45) is 0. The maximum atomic E-state index is 14.4. The zero-order chi connectivity index (χ0) is 21.6. The molecule has 0 unspecified atom stereocenters. The molecule has 0 aliphatic heterocycles. The summed E-state index contributed by atoms with van der Waals surface area (Å²) in [7, 11) is 0. The van der Waals surface area contributed by atoms with Gasteiger partial charge in [-0.1, -0.05) is 54.2 Å². The van der Waals surface area contributed by atoms with Gasteiger partial charge in [-0.15, -0.1) is 10.2 Å². The molecule has 2 N–H and O–H groups in total. The van der Waals surface area contributed by atoms with E-state index < -0.39 is 5.82 Å². The van der Waals surface area contributed by atoms with Crippen molar-refractivity contribution in [2.45, 2.75) is 11.8 Å². The van der Waals surface area contributed by atoms with Crippen LogP contribution in [0.25, 0.3) is 17.1 Å². The SMILES string of the molecule is O=C(CSc1nnc(-c2ccccc2F)n1-c1ccccc1)Nc1cccc(CO)c1. The fraction of sp³-hybridized carbons (Fsp3) is 0.0870. The van der Waals surface area contributed by atoms with E-state index in [1.165, 1.54) is 17.8 Å². The first kappa shape index (κ1) is 20.8. The van der Waals surface area contributed by atoms with Gasteiger partial charge in [0.05, 0.1) is 17.9 Å². The Labute approximate surface area is 182 Å². The Bertz CT molecular complexity index is 1200. The molecule has 8 heteroatoms. The average molecular weight is 434 g/mol. The zero-order valence-electron chi connectivity index (χ0n) is 16.4. The lowest BCUT2D eigenvalue weighted by atomic mass is 10.2. The summed E-state index contributed by atoms with van der Waals surface area (Å²) in [5, 5.41) is 20.9. The molecule has 4 rings (SSSR count). The number of aliphatic hydroxyl groups is 1. The Kier molecular flexibility index (Phi) is 6.40. The van der Waals surface area contributed by atoms with Crippen molar-refractivity contribution in [3.8, 4) is 17.1 Å². The highest BCUT2D eigenvalue weighted by molar-refractivity contribution is 7.99. The summed E-state index contributed by atoms with van der Waals surface area (Å²) in [6, 6.07) is 22.8. The lowest BCUT2D eigenvalue weighted by molar-refractivity contribution is -0.113. The molecule has 156 valence electrons. The van der Waals surface area contributed by atoms with E-state index >= 15 is 0 Å². The zero-order valence-corrected chi connectivity index (χ0v) is 17.2. The number of rotatable bonds is 7. The van der Waals surface area contributed by atoms with Gasteiger partial charge >= 0.3 is 0 Å². The molecule has 0 saturated heterocycles. The molecule has 1 amide bonds. The molecular weight excluding hydrogens is 415 g/mol. The lowest BCUT2D eigenvalue weighted by Crippen LogP contribution is -2.14. The van der Waals surface area contributed by atoms with Crippen LogP contribution >= 0.6 is 11.8 Å². The fourth-order valence-corrected chi connectivity index (χ4v) is 3.82. The van der Waals surface area contributed by atoms with Crippen LogP contribution in [0.15, 0.2) is 84.0 Å². The predicted octanol–water partition coefficient (Wildman–Crippen LogP) is 4.30. The highest BCUT2D eigenvalue weighted by atomic mass is 32.2. The lowest BCUT2D eigenvalue weighted by Gasteiger charge is -2.11. The number of thioether (sulfide) groups is 1. The van der Waals surface area contributed by atoms with Crippen LogP contribution in [0.2, 0.25) is 0 Å². The quantitative estimate of drug-likeness (QED) is 0.424. The van der Waals surface area contributed by atoms with Crippen LogP contribution in [0.3, 0.4) is 0 Å². The van der Waals surface area contributed by atoms with Crippen molar-refractivity contribution in [2.75, 3.05) is 11.1 Å². The molecule has 3 aromatic carbocycles. The van der Waals surface area contributed by atoms with Crippen LogP contribution in [0.1, 0.15) is 5.56 Å². The van der Waals surface area contributed by atoms with Gasteiger partial charge in [-0.05, 0) is 42.0 Å². The highest BCUT2D eigenvalue weighted by Gasteiger charge is 2.19. The van der Waals surface area contributed by atoms with Gasteiger partial charge in [0.1, 0.15) is 5.82 Å². The molecule has 31 heavy (non-hydrogen) atoms. The number of hydrogen-bond acceptors (Lipinski definition) is 5. The van der Waals surface area contributed by atoms with Crippen molar-refractivity contribution >= 4 is 23.4 Å². The largest absolute Gasteiger partial charge is 0.392 e. The van der Waals surface area contributed by atoms with Gasteiger partial charge in [0.25, 0.3) is 0 Å². The molecule has 0 spiro atoms. The summed E-state index contributed by atoms with van der Waals surface area (Å²) in [6.45, 7) is -0.0997.